The van der Waals surface area contributed by atoms with Gasteiger partial charge in [-0.1, -0.05) is 34.8 Å². The summed E-state index contributed by atoms with van der Waals surface area (Å²) >= 11 is 14.8. The minimum Gasteiger partial charge on any atom is -0.381 e. The summed E-state index contributed by atoms with van der Waals surface area (Å²) in [4.78, 5) is 0. The van der Waals surface area contributed by atoms with Crippen molar-refractivity contribution in [2.45, 2.75) is 12.8 Å². The Kier molecular flexibility index (Phi) is 8.11. The van der Waals surface area contributed by atoms with Gasteiger partial charge >= 0.3 is 0 Å². The third kappa shape index (κ3) is 8.57. The van der Waals surface area contributed by atoms with E-state index in [4.69, 9.17) is 39.5 Å². The predicted molar refractivity (Wildman–Crippen MR) is 45.7 cm³/mol. The van der Waals surface area contributed by atoms with Gasteiger partial charge in [0.2, 0.25) is 0 Å². The normalized spacial score (nSPS) is 15.5. The first-order valence-corrected chi connectivity index (χ1v) is 4.15. The lowest BCUT2D eigenvalue weighted by Crippen LogP contribution is -1.74. The maximum Gasteiger partial charge on any atom is 0.118 e. The molecule has 0 aromatic rings. The molecule has 0 radical (unpaired) electrons. The molecule has 1 saturated heterocycles. The van der Waals surface area contributed by atoms with Gasteiger partial charge in [-0.05, 0) is 12.8 Å². The summed E-state index contributed by atoms with van der Waals surface area (Å²) in [5.74, 6) is 0. The smallest absolute Gasteiger partial charge is 0.118 e. The van der Waals surface area contributed by atoms with Crippen molar-refractivity contribution >= 4 is 34.8 Å². The topological polar surface area (TPSA) is 9.23 Å². The van der Waals surface area contributed by atoms with Crippen LogP contribution in [0.4, 0.5) is 0 Å². The van der Waals surface area contributed by atoms with Gasteiger partial charge in [0.1, 0.15) is 4.49 Å². The van der Waals surface area contributed by atoms with Crippen LogP contribution in [0, 0.1) is 0 Å². The van der Waals surface area contributed by atoms with Crippen LogP contribution in [0.2, 0.25) is 0 Å². The maximum atomic E-state index is 4.96. The van der Waals surface area contributed by atoms with Crippen LogP contribution in [0.25, 0.3) is 0 Å². The Morgan fingerprint density at radius 3 is 1.70 bits per heavy atom. The summed E-state index contributed by atoms with van der Waals surface area (Å²) in [6.45, 7) is 2.00. The van der Waals surface area contributed by atoms with Gasteiger partial charge in [0.05, 0.1) is 0 Å². The minimum absolute atomic E-state index is 0.0895. The summed E-state index contributed by atoms with van der Waals surface area (Å²) in [5, 5.41) is 0. The van der Waals surface area contributed by atoms with Gasteiger partial charge in [-0.3, -0.25) is 0 Å². The zero-order valence-corrected chi connectivity index (χ0v) is 7.72. The fourth-order valence-corrected chi connectivity index (χ4v) is 0.510. The molecule has 0 aliphatic carbocycles. The number of ether oxygens (including phenoxy) is 1. The molecule has 0 unspecified atom stereocenters. The molecule has 10 heavy (non-hydrogen) atoms. The molecule has 1 aliphatic heterocycles. The van der Waals surface area contributed by atoms with Crippen molar-refractivity contribution in [3.8, 4) is 0 Å². The summed E-state index contributed by atoms with van der Waals surface area (Å²) in [6.07, 6.45) is 2.56. The molecule has 0 atom stereocenters. The molecule has 1 fully saturated rings. The predicted octanol–water partition coefficient (Wildman–Crippen LogP) is 3.30. The quantitative estimate of drug-likeness (QED) is 0.587. The monoisotopic (exact) mass is 202 g/mol. The van der Waals surface area contributed by atoms with Crippen molar-refractivity contribution in [2.75, 3.05) is 13.2 Å². The number of halogens is 3. The van der Waals surface area contributed by atoms with Crippen LogP contribution in [0.3, 0.4) is 0 Å². The molecule has 0 saturated carbocycles. The van der Waals surface area contributed by atoms with Crippen LogP contribution >= 0.6 is 34.8 Å². The van der Waals surface area contributed by atoms with E-state index < -0.39 is 0 Å². The van der Waals surface area contributed by atoms with E-state index >= 15 is 0 Å². The van der Waals surface area contributed by atoms with Crippen molar-refractivity contribution in [2.24, 2.45) is 0 Å². The number of rotatable bonds is 0. The lowest BCUT2D eigenvalue weighted by Gasteiger charge is -1.76. The minimum atomic E-state index is 0.0895. The molecule has 1 nitrogen and oxygen atoms in total. The Bertz CT molecular complexity index is 87.6. The van der Waals surface area contributed by atoms with E-state index in [0.717, 1.165) is 18.7 Å². The Hall–Kier alpha value is 0.570. The lowest BCUT2D eigenvalue weighted by molar-refractivity contribution is 0.198. The van der Waals surface area contributed by atoms with Crippen molar-refractivity contribution < 1.29 is 4.74 Å². The van der Waals surface area contributed by atoms with Crippen LogP contribution in [0.15, 0.2) is 10.0 Å². The van der Waals surface area contributed by atoms with Crippen LogP contribution < -0.4 is 0 Å². The SMILES string of the molecule is C1CCOC1.ClC=C(Cl)Cl. The molecule has 60 valence electrons. The Balaban J connectivity index is 0.000000162. The van der Waals surface area contributed by atoms with Crippen LogP contribution in [0.5, 0.6) is 0 Å². The lowest BCUT2D eigenvalue weighted by atomic mass is 10.4. The summed E-state index contributed by atoms with van der Waals surface area (Å²) in [5.41, 5.74) is 1.09. The molecule has 4 heteroatoms. The van der Waals surface area contributed by atoms with Crippen molar-refractivity contribution in [3.63, 3.8) is 0 Å². The van der Waals surface area contributed by atoms with Gasteiger partial charge in [0, 0.05) is 18.7 Å². The van der Waals surface area contributed by atoms with Gasteiger partial charge in [0.25, 0.3) is 0 Å². The zero-order chi connectivity index (χ0) is 7.82. The van der Waals surface area contributed by atoms with E-state index in [2.05, 4.69) is 0 Å². The highest BCUT2D eigenvalue weighted by Gasteiger charge is 1.94. The van der Waals surface area contributed by atoms with Gasteiger partial charge < -0.3 is 4.74 Å². The first-order valence-electron chi connectivity index (χ1n) is 2.96. The van der Waals surface area contributed by atoms with Gasteiger partial charge in [-0.25, -0.2) is 0 Å². The average molecular weight is 203 g/mol. The van der Waals surface area contributed by atoms with Crippen molar-refractivity contribution in [1.82, 2.24) is 0 Å². The summed E-state index contributed by atoms with van der Waals surface area (Å²) in [6, 6.07) is 0. The third-order valence-corrected chi connectivity index (χ3v) is 1.57. The van der Waals surface area contributed by atoms with Gasteiger partial charge in [-0.15, -0.1) is 0 Å². The summed E-state index contributed by atoms with van der Waals surface area (Å²) < 4.78 is 5.03. The summed E-state index contributed by atoms with van der Waals surface area (Å²) in [7, 11) is 0. The van der Waals surface area contributed by atoms with E-state index in [1.807, 2.05) is 0 Å². The second-order valence-corrected chi connectivity index (χ2v) is 2.94. The maximum absolute atomic E-state index is 4.96. The number of hydrogen-bond donors (Lipinski definition) is 0. The fraction of sp³-hybridized carbons (Fsp3) is 0.667. The van der Waals surface area contributed by atoms with Crippen molar-refractivity contribution in [3.05, 3.63) is 10.0 Å². The van der Waals surface area contributed by atoms with Crippen LogP contribution in [-0.4, -0.2) is 13.2 Å². The largest absolute Gasteiger partial charge is 0.381 e. The van der Waals surface area contributed by atoms with E-state index in [1.54, 1.807) is 0 Å². The molecule has 0 aromatic heterocycles. The van der Waals surface area contributed by atoms with E-state index in [1.165, 1.54) is 12.8 Å². The highest BCUT2D eigenvalue weighted by molar-refractivity contribution is 6.58. The van der Waals surface area contributed by atoms with Gasteiger partial charge in [-0.2, -0.15) is 0 Å². The second kappa shape index (κ2) is 7.67. The van der Waals surface area contributed by atoms with Crippen LogP contribution in [0.1, 0.15) is 12.8 Å². The molecule has 0 bridgehead atoms. The molecular weight excluding hydrogens is 194 g/mol. The molecule has 0 N–H and O–H groups in total. The highest BCUT2D eigenvalue weighted by atomic mass is 35.5. The van der Waals surface area contributed by atoms with Crippen molar-refractivity contribution in [1.29, 1.82) is 0 Å². The number of hydrogen-bond acceptors (Lipinski definition) is 1. The van der Waals surface area contributed by atoms with Crippen LogP contribution in [-0.2, 0) is 4.74 Å². The zero-order valence-electron chi connectivity index (χ0n) is 5.45. The molecule has 0 amide bonds. The van der Waals surface area contributed by atoms with E-state index in [9.17, 15) is 0 Å². The Labute approximate surface area is 75.9 Å². The molecule has 0 spiro atoms. The first-order chi connectivity index (χ1) is 4.77. The molecule has 0 aromatic carbocycles. The van der Waals surface area contributed by atoms with E-state index in [-0.39, 0.29) is 4.49 Å². The van der Waals surface area contributed by atoms with E-state index in [0.29, 0.717) is 0 Å². The third-order valence-electron chi connectivity index (χ3n) is 0.910. The molecule has 1 aliphatic rings. The van der Waals surface area contributed by atoms with Gasteiger partial charge in [0.15, 0.2) is 0 Å². The standard InChI is InChI=1S/C4H8O.C2HCl3/c1-2-4-5-3-1;3-1-2(4)5/h1-4H2;1H. The second-order valence-electron chi connectivity index (χ2n) is 1.72. The highest BCUT2D eigenvalue weighted by Crippen LogP contribution is 2.05. The Morgan fingerprint density at radius 1 is 1.20 bits per heavy atom. The average Bonchev–Trinajstić information content (AvgIpc) is 2.43. The first kappa shape index (κ1) is 10.6. The molecule has 1 rings (SSSR count). The molecule has 1 heterocycles. The molecular formula is C6H9Cl3O. The Morgan fingerprint density at radius 2 is 1.60 bits per heavy atom. The fourth-order valence-electron chi connectivity index (χ4n) is 0.510.